The minimum absolute atomic E-state index is 0.188. The number of carboxylic acid groups (broad SMARTS) is 1. The van der Waals surface area contributed by atoms with Crippen molar-refractivity contribution in [3.05, 3.63) is 23.3 Å². The van der Waals surface area contributed by atoms with E-state index in [9.17, 15) is 9.90 Å². The van der Waals surface area contributed by atoms with Crippen LogP contribution in [0.25, 0.3) is 0 Å². The van der Waals surface area contributed by atoms with Crippen LogP contribution in [0.4, 0.5) is 11.4 Å². The molecule has 0 unspecified atom stereocenters. The van der Waals surface area contributed by atoms with Crippen molar-refractivity contribution in [2.24, 2.45) is 0 Å². The van der Waals surface area contributed by atoms with Crippen LogP contribution in [0.15, 0.2) is 12.1 Å². The number of aryl methyl sites for hydroxylation is 1. The molecule has 0 saturated carbocycles. The van der Waals surface area contributed by atoms with E-state index in [-0.39, 0.29) is 5.56 Å². The van der Waals surface area contributed by atoms with Gasteiger partial charge in [0.2, 0.25) is 0 Å². The number of carboxylic acids is 1. The second-order valence-corrected chi connectivity index (χ2v) is 5.50. The number of nitrogens with two attached hydrogens (primary N) is 1. The topological polar surface area (TPSA) is 69.8 Å². The van der Waals surface area contributed by atoms with E-state index >= 15 is 0 Å². The van der Waals surface area contributed by atoms with Gasteiger partial charge in [0.1, 0.15) is 0 Å². The van der Waals surface area contributed by atoms with Gasteiger partial charge < -0.3 is 20.6 Å². The number of hydrogen-bond donors (Lipinski definition) is 2. The third kappa shape index (κ3) is 3.22. The molecule has 5 nitrogen and oxygen atoms in total. The highest BCUT2D eigenvalue weighted by Crippen LogP contribution is 2.25. The summed E-state index contributed by atoms with van der Waals surface area (Å²) in [6.07, 6.45) is 2.57. The number of aromatic carboxylic acids is 1. The molecule has 0 aliphatic carbocycles. The normalized spacial score (nSPS) is 15.5. The number of likely N-dealkylation sites (tertiary alicyclic amines) is 1. The van der Waals surface area contributed by atoms with Gasteiger partial charge in [-0.05, 0) is 50.6 Å². The molecular formula is C15H23N3O2. The van der Waals surface area contributed by atoms with Crippen molar-refractivity contribution in [3.8, 4) is 0 Å². The predicted molar refractivity (Wildman–Crippen MR) is 81.5 cm³/mol. The first-order chi connectivity index (χ1) is 9.49. The zero-order valence-electron chi connectivity index (χ0n) is 12.2. The second-order valence-electron chi connectivity index (χ2n) is 5.50. The van der Waals surface area contributed by atoms with E-state index < -0.39 is 5.97 Å². The molecule has 2 rings (SSSR count). The molecule has 0 radical (unpaired) electrons. The van der Waals surface area contributed by atoms with Crippen LogP contribution in [-0.2, 0) is 0 Å². The summed E-state index contributed by atoms with van der Waals surface area (Å²) in [6, 6.07) is 3.61. The van der Waals surface area contributed by atoms with Gasteiger partial charge in [0.25, 0.3) is 0 Å². The first-order valence-corrected chi connectivity index (χ1v) is 7.06. The molecule has 1 heterocycles. The number of nitrogen functional groups attached to an aromatic ring is 1. The maximum atomic E-state index is 11.2. The van der Waals surface area contributed by atoms with Crippen LogP contribution in [0.3, 0.4) is 0 Å². The fourth-order valence-electron chi connectivity index (χ4n) is 2.60. The standard InChI is InChI=1S/C15H23N3O2/c1-11-9-12(10-13(14(11)16)15(19)20)17(2)7-8-18-5-3-4-6-18/h9-10H,3-8,16H2,1-2H3,(H,19,20). The zero-order chi connectivity index (χ0) is 14.7. The third-order valence-electron chi connectivity index (χ3n) is 3.99. The number of nitrogens with zero attached hydrogens (tertiary/aromatic N) is 2. The molecule has 0 bridgehead atoms. The van der Waals surface area contributed by atoms with Gasteiger partial charge in [-0.1, -0.05) is 0 Å². The molecule has 1 aliphatic rings. The van der Waals surface area contributed by atoms with E-state index in [1.165, 1.54) is 25.9 Å². The molecule has 0 aromatic heterocycles. The van der Waals surface area contributed by atoms with Crippen molar-refractivity contribution < 1.29 is 9.90 Å². The largest absolute Gasteiger partial charge is 0.478 e. The number of carbonyl (C=O) groups is 1. The molecule has 1 saturated heterocycles. The number of hydrogen-bond acceptors (Lipinski definition) is 4. The lowest BCUT2D eigenvalue weighted by atomic mass is 10.1. The second kappa shape index (κ2) is 6.13. The Morgan fingerprint density at radius 3 is 2.65 bits per heavy atom. The fraction of sp³-hybridized carbons (Fsp3) is 0.533. The van der Waals surface area contributed by atoms with Gasteiger partial charge in [-0.2, -0.15) is 0 Å². The predicted octanol–water partition coefficient (Wildman–Crippen LogP) is 1.81. The van der Waals surface area contributed by atoms with E-state index in [4.69, 9.17) is 5.73 Å². The Morgan fingerprint density at radius 1 is 1.40 bits per heavy atom. The average Bonchev–Trinajstić information content (AvgIpc) is 2.91. The lowest BCUT2D eigenvalue weighted by molar-refractivity contribution is 0.0698. The minimum Gasteiger partial charge on any atom is -0.478 e. The number of likely N-dealkylation sites (N-methyl/N-ethyl adjacent to an activating group) is 1. The summed E-state index contributed by atoms with van der Waals surface area (Å²) in [5, 5.41) is 9.19. The molecule has 1 fully saturated rings. The lowest BCUT2D eigenvalue weighted by Crippen LogP contribution is -2.31. The molecule has 1 aliphatic heterocycles. The zero-order valence-corrected chi connectivity index (χ0v) is 12.2. The third-order valence-corrected chi connectivity index (χ3v) is 3.99. The molecule has 20 heavy (non-hydrogen) atoms. The van der Waals surface area contributed by atoms with Gasteiger partial charge in [-0.3, -0.25) is 0 Å². The van der Waals surface area contributed by atoms with Crippen molar-refractivity contribution in [2.75, 3.05) is 43.9 Å². The van der Waals surface area contributed by atoms with E-state index in [1.807, 2.05) is 20.0 Å². The van der Waals surface area contributed by atoms with E-state index in [2.05, 4.69) is 9.80 Å². The van der Waals surface area contributed by atoms with Gasteiger partial charge in [0.15, 0.2) is 0 Å². The highest BCUT2D eigenvalue weighted by molar-refractivity contribution is 5.95. The Labute approximate surface area is 120 Å². The Balaban J connectivity index is 2.08. The molecule has 5 heteroatoms. The molecule has 110 valence electrons. The summed E-state index contributed by atoms with van der Waals surface area (Å²) < 4.78 is 0. The van der Waals surface area contributed by atoms with Crippen molar-refractivity contribution in [2.45, 2.75) is 19.8 Å². The summed E-state index contributed by atoms with van der Waals surface area (Å²) in [5.41, 5.74) is 8.09. The summed E-state index contributed by atoms with van der Waals surface area (Å²) in [4.78, 5) is 15.7. The maximum Gasteiger partial charge on any atom is 0.337 e. The highest BCUT2D eigenvalue weighted by atomic mass is 16.4. The van der Waals surface area contributed by atoms with Crippen molar-refractivity contribution in [1.29, 1.82) is 0 Å². The SMILES string of the molecule is Cc1cc(N(C)CCN2CCCC2)cc(C(=O)O)c1N. The average molecular weight is 277 g/mol. The van der Waals surface area contributed by atoms with Crippen molar-refractivity contribution in [1.82, 2.24) is 4.90 Å². The summed E-state index contributed by atoms with van der Waals surface area (Å²) in [5.74, 6) is -0.972. The van der Waals surface area contributed by atoms with Crippen LogP contribution in [0, 0.1) is 6.92 Å². The monoisotopic (exact) mass is 277 g/mol. The smallest absolute Gasteiger partial charge is 0.337 e. The highest BCUT2D eigenvalue weighted by Gasteiger charge is 2.15. The molecule has 0 atom stereocenters. The molecule has 0 spiro atoms. The van der Waals surface area contributed by atoms with Crippen LogP contribution >= 0.6 is 0 Å². The van der Waals surface area contributed by atoms with Crippen LogP contribution in [0.2, 0.25) is 0 Å². The Bertz CT molecular complexity index is 496. The van der Waals surface area contributed by atoms with Crippen LogP contribution in [0.5, 0.6) is 0 Å². The van der Waals surface area contributed by atoms with E-state index in [0.717, 1.165) is 24.3 Å². The Kier molecular flexibility index (Phi) is 4.49. The van der Waals surface area contributed by atoms with E-state index in [0.29, 0.717) is 5.69 Å². The minimum atomic E-state index is -0.972. The lowest BCUT2D eigenvalue weighted by Gasteiger charge is -2.24. The van der Waals surface area contributed by atoms with Gasteiger partial charge in [-0.15, -0.1) is 0 Å². The number of anilines is 2. The van der Waals surface area contributed by atoms with Gasteiger partial charge in [-0.25, -0.2) is 4.79 Å². The Hall–Kier alpha value is -1.75. The summed E-state index contributed by atoms with van der Waals surface area (Å²) in [6.45, 7) is 6.11. The maximum absolute atomic E-state index is 11.2. The van der Waals surface area contributed by atoms with Crippen LogP contribution in [-0.4, -0.2) is 49.2 Å². The first-order valence-electron chi connectivity index (χ1n) is 7.06. The number of benzene rings is 1. The van der Waals surface area contributed by atoms with Crippen molar-refractivity contribution in [3.63, 3.8) is 0 Å². The summed E-state index contributed by atoms with van der Waals surface area (Å²) >= 11 is 0. The molecular weight excluding hydrogens is 254 g/mol. The van der Waals surface area contributed by atoms with Gasteiger partial charge >= 0.3 is 5.97 Å². The molecule has 0 amide bonds. The molecule has 1 aromatic carbocycles. The summed E-state index contributed by atoms with van der Waals surface area (Å²) in [7, 11) is 1.99. The quantitative estimate of drug-likeness (QED) is 0.803. The Morgan fingerprint density at radius 2 is 2.05 bits per heavy atom. The molecule has 1 aromatic rings. The van der Waals surface area contributed by atoms with Gasteiger partial charge in [0.05, 0.1) is 5.56 Å². The van der Waals surface area contributed by atoms with Crippen LogP contribution < -0.4 is 10.6 Å². The fourth-order valence-corrected chi connectivity index (χ4v) is 2.60. The van der Waals surface area contributed by atoms with Crippen LogP contribution in [0.1, 0.15) is 28.8 Å². The van der Waals surface area contributed by atoms with E-state index in [1.54, 1.807) is 6.07 Å². The van der Waals surface area contributed by atoms with Crippen molar-refractivity contribution >= 4 is 17.3 Å². The molecule has 3 N–H and O–H groups in total. The van der Waals surface area contributed by atoms with Gasteiger partial charge in [0, 0.05) is 31.5 Å². The first kappa shape index (κ1) is 14.7. The number of rotatable bonds is 5.